The number of amides is 1. The Morgan fingerprint density at radius 2 is 1.59 bits per heavy atom. The van der Waals surface area contributed by atoms with Gasteiger partial charge in [0, 0.05) is 6.54 Å². The molecule has 0 saturated heterocycles. The number of carboxylic acid groups (broad SMARTS) is 1. The molecular weight excluding hydrogens is 222 g/mol. The Morgan fingerprint density at radius 1 is 1.12 bits per heavy atom. The highest BCUT2D eigenvalue weighted by molar-refractivity contribution is 5.76. The number of aliphatic carboxylic acids is 1. The van der Waals surface area contributed by atoms with E-state index in [0.29, 0.717) is 6.54 Å². The van der Waals surface area contributed by atoms with Crippen LogP contribution in [0.2, 0.25) is 0 Å². The summed E-state index contributed by atoms with van der Waals surface area (Å²) in [6.45, 7) is 11.1. The van der Waals surface area contributed by atoms with E-state index in [-0.39, 0.29) is 12.0 Å². The van der Waals surface area contributed by atoms with Gasteiger partial charge in [0.25, 0.3) is 0 Å². The first-order valence-electron chi connectivity index (χ1n) is 5.60. The lowest BCUT2D eigenvalue weighted by atomic mass is 9.96. The number of carbonyl (C=O) groups excluding carboxylic acids is 1. The van der Waals surface area contributed by atoms with E-state index < -0.39 is 17.7 Å². The zero-order valence-corrected chi connectivity index (χ0v) is 11.5. The molecule has 5 nitrogen and oxygen atoms in total. The topological polar surface area (TPSA) is 66.8 Å². The minimum atomic E-state index is -1.04. The highest BCUT2D eigenvalue weighted by Crippen LogP contribution is 2.17. The molecule has 0 radical (unpaired) electrons. The van der Waals surface area contributed by atoms with Crippen LogP contribution >= 0.6 is 0 Å². The summed E-state index contributed by atoms with van der Waals surface area (Å²) in [5, 5.41) is 8.78. The van der Waals surface area contributed by atoms with E-state index in [9.17, 15) is 9.59 Å². The summed E-state index contributed by atoms with van der Waals surface area (Å²) in [6, 6.07) is 0. The van der Waals surface area contributed by atoms with E-state index >= 15 is 0 Å². The molecule has 0 heterocycles. The maximum atomic E-state index is 11.8. The summed E-state index contributed by atoms with van der Waals surface area (Å²) >= 11 is 0. The Bertz CT molecular complexity index is 286. The molecule has 0 aromatic rings. The standard InChI is InChI=1S/C12H23NO4/c1-11(2,3)8-13(7-9(14)15)10(16)17-12(4,5)6/h7-8H2,1-6H3,(H,14,15). The third-order valence-corrected chi connectivity index (χ3v) is 1.64. The predicted molar refractivity (Wildman–Crippen MR) is 64.9 cm³/mol. The van der Waals surface area contributed by atoms with E-state index in [2.05, 4.69) is 0 Å². The molecule has 0 aliphatic carbocycles. The molecule has 0 spiro atoms. The lowest BCUT2D eigenvalue weighted by Crippen LogP contribution is -2.43. The fraction of sp³-hybridized carbons (Fsp3) is 0.833. The molecule has 0 rings (SSSR count). The molecule has 0 fully saturated rings. The zero-order valence-electron chi connectivity index (χ0n) is 11.5. The van der Waals surface area contributed by atoms with Crippen molar-refractivity contribution in [3.8, 4) is 0 Å². The quantitative estimate of drug-likeness (QED) is 0.828. The maximum Gasteiger partial charge on any atom is 0.410 e. The second-order valence-electron chi connectivity index (χ2n) is 6.29. The summed E-state index contributed by atoms with van der Waals surface area (Å²) in [4.78, 5) is 23.7. The summed E-state index contributed by atoms with van der Waals surface area (Å²) in [7, 11) is 0. The fourth-order valence-corrected chi connectivity index (χ4v) is 1.25. The Morgan fingerprint density at radius 3 is 1.88 bits per heavy atom. The van der Waals surface area contributed by atoms with Crippen LogP contribution in [0.1, 0.15) is 41.5 Å². The highest BCUT2D eigenvalue weighted by atomic mass is 16.6. The average Bonchev–Trinajstić information content (AvgIpc) is 1.95. The van der Waals surface area contributed by atoms with Gasteiger partial charge < -0.3 is 9.84 Å². The first-order chi connectivity index (χ1) is 7.41. The lowest BCUT2D eigenvalue weighted by molar-refractivity contribution is -0.138. The average molecular weight is 245 g/mol. The van der Waals surface area contributed by atoms with Gasteiger partial charge in [0.15, 0.2) is 0 Å². The Kier molecular flexibility index (Phi) is 4.98. The van der Waals surface area contributed by atoms with Crippen LogP contribution in [0, 0.1) is 5.41 Å². The summed E-state index contributed by atoms with van der Waals surface area (Å²) in [6.07, 6.45) is -0.588. The van der Waals surface area contributed by atoms with Crippen LogP contribution < -0.4 is 0 Å². The van der Waals surface area contributed by atoms with E-state index in [1.165, 1.54) is 4.90 Å². The molecule has 1 amide bonds. The monoisotopic (exact) mass is 245 g/mol. The van der Waals surface area contributed by atoms with E-state index in [1.54, 1.807) is 20.8 Å². The molecule has 0 bridgehead atoms. The molecule has 5 heteroatoms. The first kappa shape index (κ1) is 15.7. The summed E-state index contributed by atoms with van der Waals surface area (Å²) < 4.78 is 5.17. The van der Waals surface area contributed by atoms with Gasteiger partial charge >= 0.3 is 12.1 Å². The van der Waals surface area contributed by atoms with Crippen LogP contribution in [0.15, 0.2) is 0 Å². The van der Waals surface area contributed by atoms with Crippen molar-refractivity contribution in [2.45, 2.75) is 47.1 Å². The number of ether oxygens (including phenoxy) is 1. The van der Waals surface area contributed by atoms with Crippen molar-refractivity contribution in [2.24, 2.45) is 5.41 Å². The summed E-state index contributed by atoms with van der Waals surface area (Å²) in [5.41, 5.74) is -0.794. The SMILES string of the molecule is CC(C)(C)CN(CC(=O)O)C(=O)OC(C)(C)C. The number of hydrogen-bond donors (Lipinski definition) is 1. The molecule has 0 aliphatic rings. The molecule has 0 unspecified atom stereocenters. The van der Waals surface area contributed by atoms with Gasteiger partial charge in [0.1, 0.15) is 12.1 Å². The minimum Gasteiger partial charge on any atom is -0.480 e. The van der Waals surface area contributed by atoms with Crippen LogP contribution in [-0.4, -0.2) is 40.8 Å². The molecule has 100 valence electrons. The fourth-order valence-electron chi connectivity index (χ4n) is 1.25. The molecule has 0 saturated carbocycles. The predicted octanol–water partition coefficient (Wildman–Crippen LogP) is 2.35. The van der Waals surface area contributed by atoms with Crippen molar-refractivity contribution in [1.29, 1.82) is 0 Å². The Labute approximate surface area is 103 Å². The van der Waals surface area contributed by atoms with Gasteiger partial charge in [-0.15, -0.1) is 0 Å². The van der Waals surface area contributed by atoms with Crippen molar-refractivity contribution in [2.75, 3.05) is 13.1 Å². The molecule has 0 aromatic carbocycles. The number of carbonyl (C=O) groups is 2. The molecule has 0 atom stereocenters. The van der Waals surface area contributed by atoms with E-state index in [1.807, 2.05) is 20.8 Å². The molecule has 17 heavy (non-hydrogen) atoms. The van der Waals surface area contributed by atoms with Crippen LogP contribution in [0.5, 0.6) is 0 Å². The second kappa shape index (κ2) is 5.38. The molecule has 0 aliphatic heterocycles. The third-order valence-electron chi connectivity index (χ3n) is 1.64. The number of nitrogens with zero attached hydrogens (tertiary/aromatic N) is 1. The van der Waals surface area contributed by atoms with Crippen molar-refractivity contribution in [3.63, 3.8) is 0 Å². The van der Waals surface area contributed by atoms with Gasteiger partial charge in [-0.1, -0.05) is 20.8 Å². The number of carboxylic acids is 1. The molecular formula is C12H23NO4. The van der Waals surface area contributed by atoms with Gasteiger partial charge in [-0.25, -0.2) is 4.79 Å². The van der Waals surface area contributed by atoms with Crippen LogP contribution in [0.25, 0.3) is 0 Å². The maximum absolute atomic E-state index is 11.8. The van der Waals surface area contributed by atoms with Gasteiger partial charge in [-0.3, -0.25) is 9.69 Å². The van der Waals surface area contributed by atoms with E-state index in [0.717, 1.165) is 0 Å². The van der Waals surface area contributed by atoms with Crippen molar-refractivity contribution >= 4 is 12.1 Å². The van der Waals surface area contributed by atoms with Crippen molar-refractivity contribution < 1.29 is 19.4 Å². The zero-order chi connectivity index (χ0) is 13.9. The largest absolute Gasteiger partial charge is 0.480 e. The van der Waals surface area contributed by atoms with Crippen LogP contribution in [-0.2, 0) is 9.53 Å². The summed E-state index contributed by atoms with van der Waals surface area (Å²) in [5.74, 6) is -1.04. The van der Waals surface area contributed by atoms with Crippen molar-refractivity contribution in [3.05, 3.63) is 0 Å². The number of rotatable bonds is 3. The normalized spacial score (nSPS) is 12.1. The third kappa shape index (κ3) is 8.54. The lowest BCUT2D eigenvalue weighted by Gasteiger charge is -2.31. The van der Waals surface area contributed by atoms with Crippen molar-refractivity contribution in [1.82, 2.24) is 4.90 Å². The Hall–Kier alpha value is -1.26. The highest BCUT2D eigenvalue weighted by Gasteiger charge is 2.27. The Balaban J connectivity index is 4.68. The molecule has 0 aromatic heterocycles. The first-order valence-corrected chi connectivity index (χ1v) is 5.60. The van der Waals surface area contributed by atoms with Gasteiger partial charge in [-0.2, -0.15) is 0 Å². The van der Waals surface area contributed by atoms with Crippen LogP contribution in [0.3, 0.4) is 0 Å². The van der Waals surface area contributed by atoms with Gasteiger partial charge in [-0.05, 0) is 26.2 Å². The van der Waals surface area contributed by atoms with Crippen LogP contribution in [0.4, 0.5) is 4.79 Å². The van der Waals surface area contributed by atoms with E-state index in [4.69, 9.17) is 9.84 Å². The minimum absolute atomic E-state index is 0.174. The number of hydrogen-bond acceptors (Lipinski definition) is 3. The van der Waals surface area contributed by atoms with Gasteiger partial charge in [0.05, 0.1) is 0 Å². The smallest absolute Gasteiger partial charge is 0.410 e. The van der Waals surface area contributed by atoms with Gasteiger partial charge in [0.2, 0.25) is 0 Å². The second-order valence-corrected chi connectivity index (χ2v) is 6.29. The molecule has 1 N–H and O–H groups in total.